The molecule has 1 amide bonds. The Hall–Kier alpha value is -1.33. The molecule has 1 aromatic rings. The van der Waals surface area contributed by atoms with Crippen molar-refractivity contribution in [3.8, 4) is 0 Å². The van der Waals surface area contributed by atoms with E-state index in [4.69, 9.17) is 14.9 Å². The van der Waals surface area contributed by atoms with Crippen LogP contribution in [0.3, 0.4) is 0 Å². The Kier molecular flexibility index (Phi) is 5.01. The molecule has 5 nitrogen and oxygen atoms in total. The average molecular weight is 226 g/mol. The third kappa shape index (κ3) is 4.46. The summed E-state index contributed by atoms with van der Waals surface area (Å²) in [5, 5.41) is 3.22. The topological polar surface area (TPSA) is 77.5 Å². The second kappa shape index (κ2) is 6.30. The maximum absolute atomic E-state index is 10.4. The van der Waals surface area contributed by atoms with Crippen LogP contribution in [0, 0.1) is 6.92 Å². The van der Waals surface area contributed by atoms with Gasteiger partial charge in [0, 0.05) is 6.54 Å². The number of carbonyl (C=O) groups is 1. The zero-order chi connectivity index (χ0) is 12.0. The Morgan fingerprint density at radius 1 is 1.62 bits per heavy atom. The molecule has 5 heteroatoms. The predicted molar refractivity (Wildman–Crippen MR) is 59.9 cm³/mol. The van der Waals surface area contributed by atoms with Gasteiger partial charge in [0.1, 0.15) is 18.1 Å². The fourth-order valence-electron chi connectivity index (χ4n) is 1.31. The van der Waals surface area contributed by atoms with E-state index in [1.807, 2.05) is 26.0 Å². The minimum absolute atomic E-state index is 0.0318. The van der Waals surface area contributed by atoms with E-state index in [1.54, 1.807) is 0 Å². The molecule has 0 aliphatic rings. The minimum atomic E-state index is -0.449. The molecule has 0 spiro atoms. The van der Waals surface area contributed by atoms with Crippen LogP contribution in [0.5, 0.6) is 0 Å². The SMILES string of the molecule is Cc1ccc(C(C)NCCOCC(N)=O)o1. The van der Waals surface area contributed by atoms with Crippen LogP contribution in [0.2, 0.25) is 0 Å². The maximum atomic E-state index is 10.4. The monoisotopic (exact) mass is 226 g/mol. The fourth-order valence-corrected chi connectivity index (χ4v) is 1.31. The molecule has 1 atom stereocenters. The van der Waals surface area contributed by atoms with E-state index in [0.717, 1.165) is 11.5 Å². The molecule has 0 aliphatic heterocycles. The summed E-state index contributed by atoms with van der Waals surface area (Å²) in [5.74, 6) is 1.34. The molecular weight excluding hydrogens is 208 g/mol. The van der Waals surface area contributed by atoms with Crippen LogP contribution in [-0.4, -0.2) is 25.7 Å². The molecule has 90 valence electrons. The number of ether oxygens (including phenoxy) is 1. The Balaban J connectivity index is 2.15. The highest BCUT2D eigenvalue weighted by molar-refractivity contribution is 5.74. The summed E-state index contributed by atoms with van der Waals surface area (Å²) < 4.78 is 10.5. The van der Waals surface area contributed by atoms with E-state index >= 15 is 0 Å². The van der Waals surface area contributed by atoms with Crippen LogP contribution >= 0.6 is 0 Å². The molecule has 0 aromatic carbocycles. The molecule has 1 unspecified atom stereocenters. The number of aryl methyl sites for hydroxylation is 1. The predicted octanol–water partition coefficient (Wildman–Crippen LogP) is 0.741. The summed E-state index contributed by atoms with van der Waals surface area (Å²) in [5.41, 5.74) is 4.93. The van der Waals surface area contributed by atoms with E-state index in [2.05, 4.69) is 5.32 Å². The maximum Gasteiger partial charge on any atom is 0.243 e. The van der Waals surface area contributed by atoms with Gasteiger partial charge in [0.2, 0.25) is 5.91 Å². The van der Waals surface area contributed by atoms with Gasteiger partial charge < -0.3 is 20.2 Å². The summed E-state index contributed by atoms with van der Waals surface area (Å²) in [6.45, 7) is 4.98. The van der Waals surface area contributed by atoms with Crippen molar-refractivity contribution >= 4 is 5.91 Å². The second-order valence-electron chi connectivity index (χ2n) is 3.64. The van der Waals surface area contributed by atoms with Gasteiger partial charge in [-0.1, -0.05) is 0 Å². The van der Waals surface area contributed by atoms with Crippen molar-refractivity contribution in [3.05, 3.63) is 23.7 Å². The lowest BCUT2D eigenvalue weighted by atomic mass is 10.2. The van der Waals surface area contributed by atoms with E-state index < -0.39 is 5.91 Å². The summed E-state index contributed by atoms with van der Waals surface area (Å²) in [7, 11) is 0. The smallest absolute Gasteiger partial charge is 0.243 e. The molecule has 0 saturated carbocycles. The van der Waals surface area contributed by atoms with Gasteiger partial charge in [-0.2, -0.15) is 0 Å². The molecule has 0 radical (unpaired) electrons. The Labute approximate surface area is 94.9 Å². The van der Waals surface area contributed by atoms with Crippen LogP contribution < -0.4 is 11.1 Å². The third-order valence-electron chi connectivity index (χ3n) is 2.13. The van der Waals surface area contributed by atoms with Crippen molar-refractivity contribution in [3.63, 3.8) is 0 Å². The number of hydrogen-bond donors (Lipinski definition) is 2. The molecule has 0 fully saturated rings. The molecule has 0 saturated heterocycles. The average Bonchev–Trinajstić information content (AvgIpc) is 2.63. The van der Waals surface area contributed by atoms with Gasteiger partial charge in [-0.25, -0.2) is 0 Å². The highest BCUT2D eigenvalue weighted by Gasteiger charge is 2.07. The van der Waals surface area contributed by atoms with Crippen molar-refractivity contribution in [2.75, 3.05) is 19.8 Å². The number of hydrogen-bond acceptors (Lipinski definition) is 4. The quantitative estimate of drug-likeness (QED) is 0.672. The Morgan fingerprint density at radius 2 is 2.38 bits per heavy atom. The van der Waals surface area contributed by atoms with Gasteiger partial charge in [0.15, 0.2) is 0 Å². The lowest BCUT2D eigenvalue weighted by molar-refractivity contribution is -0.122. The van der Waals surface area contributed by atoms with E-state index in [9.17, 15) is 4.79 Å². The lowest BCUT2D eigenvalue weighted by Gasteiger charge is -2.10. The van der Waals surface area contributed by atoms with Gasteiger partial charge in [-0.15, -0.1) is 0 Å². The zero-order valence-electron chi connectivity index (χ0n) is 9.66. The van der Waals surface area contributed by atoms with Crippen LogP contribution in [0.15, 0.2) is 16.5 Å². The highest BCUT2D eigenvalue weighted by Crippen LogP contribution is 2.14. The lowest BCUT2D eigenvalue weighted by Crippen LogP contribution is -2.25. The first kappa shape index (κ1) is 12.7. The number of nitrogens with two attached hydrogens (primary N) is 1. The standard InChI is InChI=1S/C11H18N2O3/c1-8-3-4-10(16-8)9(2)13-5-6-15-7-11(12)14/h3-4,9,13H,5-7H2,1-2H3,(H2,12,14). The van der Waals surface area contributed by atoms with Crippen molar-refractivity contribution in [2.24, 2.45) is 5.73 Å². The molecule has 3 N–H and O–H groups in total. The molecule has 0 aliphatic carbocycles. The van der Waals surface area contributed by atoms with Crippen LogP contribution in [-0.2, 0) is 9.53 Å². The van der Waals surface area contributed by atoms with E-state index in [0.29, 0.717) is 13.2 Å². The molecular formula is C11H18N2O3. The van der Waals surface area contributed by atoms with Crippen LogP contribution in [0.4, 0.5) is 0 Å². The van der Waals surface area contributed by atoms with E-state index in [-0.39, 0.29) is 12.6 Å². The number of rotatable bonds is 7. The number of amides is 1. The largest absolute Gasteiger partial charge is 0.465 e. The van der Waals surface area contributed by atoms with Gasteiger partial charge in [0.05, 0.1) is 12.6 Å². The van der Waals surface area contributed by atoms with Crippen molar-refractivity contribution in [1.82, 2.24) is 5.32 Å². The fraction of sp³-hybridized carbons (Fsp3) is 0.545. The summed E-state index contributed by atoms with van der Waals surface area (Å²) in [6, 6.07) is 4.00. The number of primary amides is 1. The van der Waals surface area contributed by atoms with Gasteiger partial charge in [0.25, 0.3) is 0 Å². The molecule has 1 rings (SSSR count). The van der Waals surface area contributed by atoms with Gasteiger partial charge in [-0.3, -0.25) is 4.79 Å². The van der Waals surface area contributed by atoms with Gasteiger partial charge in [-0.05, 0) is 26.0 Å². The minimum Gasteiger partial charge on any atom is -0.465 e. The van der Waals surface area contributed by atoms with E-state index in [1.165, 1.54) is 0 Å². The summed E-state index contributed by atoms with van der Waals surface area (Å²) >= 11 is 0. The summed E-state index contributed by atoms with van der Waals surface area (Å²) in [6.07, 6.45) is 0. The van der Waals surface area contributed by atoms with Gasteiger partial charge >= 0.3 is 0 Å². The van der Waals surface area contributed by atoms with Crippen LogP contribution in [0.25, 0.3) is 0 Å². The molecule has 16 heavy (non-hydrogen) atoms. The zero-order valence-corrected chi connectivity index (χ0v) is 9.66. The Morgan fingerprint density at radius 3 is 2.94 bits per heavy atom. The third-order valence-corrected chi connectivity index (χ3v) is 2.13. The highest BCUT2D eigenvalue weighted by atomic mass is 16.5. The first-order valence-corrected chi connectivity index (χ1v) is 5.25. The Bertz CT molecular complexity index is 336. The first-order chi connectivity index (χ1) is 7.59. The molecule has 1 aromatic heterocycles. The number of furan rings is 1. The summed E-state index contributed by atoms with van der Waals surface area (Å²) in [4.78, 5) is 10.4. The van der Waals surface area contributed by atoms with Crippen molar-refractivity contribution < 1.29 is 13.9 Å². The second-order valence-corrected chi connectivity index (χ2v) is 3.64. The molecule has 0 bridgehead atoms. The first-order valence-electron chi connectivity index (χ1n) is 5.25. The molecule has 1 heterocycles. The number of carbonyl (C=O) groups excluding carboxylic acids is 1. The number of nitrogens with one attached hydrogen (secondary N) is 1. The van der Waals surface area contributed by atoms with Crippen molar-refractivity contribution in [1.29, 1.82) is 0 Å². The normalized spacial score (nSPS) is 12.6. The van der Waals surface area contributed by atoms with Crippen LogP contribution in [0.1, 0.15) is 24.5 Å². The van der Waals surface area contributed by atoms with Crippen molar-refractivity contribution in [2.45, 2.75) is 19.9 Å².